The van der Waals surface area contributed by atoms with Crippen LogP contribution in [0.5, 0.6) is 0 Å². The number of hydrogen-bond donors (Lipinski definition) is 3. The third-order valence-corrected chi connectivity index (χ3v) is 5.71. The fourth-order valence-electron chi connectivity index (χ4n) is 3.12. The summed E-state index contributed by atoms with van der Waals surface area (Å²) < 4.78 is 1.26. The van der Waals surface area contributed by atoms with E-state index in [9.17, 15) is 9.59 Å². The second-order valence-electron chi connectivity index (χ2n) is 6.51. The zero-order chi connectivity index (χ0) is 21.3. The number of thiocarbonyl (C=S) groups is 1. The topological polar surface area (TPSA) is 102 Å². The standard InChI is InChI=1S/C21H17N5O2S2/c1-12-16(13-5-3-2-4-6-13)17-19(30-12)23-11-26(20(17)28)25-21(29)24-15-9-7-14(8-10-15)18(22)27/h2-11H,1H3,(H2,22,27)(H2,24,25,29). The van der Waals surface area contributed by atoms with Crippen LogP contribution < -0.4 is 22.0 Å². The third-order valence-electron chi connectivity index (χ3n) is 4.50. The molecule has 0 unspecified atom stereocenters. The molecular weight excluding hydrogens is 418 g/mol. The van der Waals surface area contributed by atoms with Crippen molar-refractivity contribution in [1.29, 1.82) is 0 Å². The molecule has 0 spiro atoms. The Morgan fingerprint density at radius 1 is 1.13 bits per heavy atom. The molecule has 2 aromatic carbocycles. The third kappa shape index (κ3) is 3.80. The van der Waals surface area contributed by atoms with Crippen molar-refractivity contribution < 1.29 is 4.79 Å². The molecule has 0 saturated carbocycles. The van der Waals surface area contributed by atoms with Crippen molar-refractivity contribution in [2.45, 2.75) is 6.92 Å². The van der Waals surface area contributed by atoms with E-state index in [4.69, 9.17) is 18.0 Å². The summed E-state index contributed by atoms with van der Waals surface area (Å²) in [6.45, 7) is 1.98. The Labute approximate surface area is 181 Å². The van der Waals surface area contributed by atoms with Crippen molar-refractivity contribution in [2.24, 2.45) is 5.73 Å². The Balaban J connectivity index is 1.63. The van der Waals surface area contributed by atoms with Crippen LogP contribution >= 0.6 is 23.6 Å². The Bertz CT molecular complexity index is 1310. The van der Waals surface area contributed by atoms with Crippen LogP contribution in [0.1, 0.15) is 15.2 Å². The molecule has 30 heavy (non-hydrogen) atoms. The first-order valence-corrected chi connectivity index (χ1v) is 10.2. The lowest BCUT2D eigenvalue weighted by Crippen LogP contribution is -2.35. The Morgan fingerprint density at radius 2 is 1.83 bits per heavy atom. The number of primary amides is 1. The molecule has 2 heterocycles. The van der Waals surface area contributed by atoms with Crippen molar-refractivity contribution in [3.63, 3.8) is 0 Å². The number of aryl methyl sites for hydroxylation is 1. The van der Waals surface area contributed by atoms with Crippen molar-refractivity contribution >= 4 is 50.5 Å². The number of amides is 1. The molecule has 0 radical (unpaired) electrons. The highest BCUT2D eigenvalue weighted by Gasteiger charge is 2.17. The van der Waals surface area contributed by atoms with Crippen LogP contribution in [0, 0.1) is 6.92 Å². The van der Waals surface area contributed by atoms with Crippen molar-refractivity contribution in [3.8, 4) is 11.1 Å². The van der Waals surface area contributed by atoms with E-state index in [1.807, 2.05) is 37.3 Å². The SMILES string of the molecule is Cc1sc2ncn(NC(=S)Nc3ccc(C(N)=O)cc3)c(=O)c2c1-c1ccccc1. The summed E-state index contributed by atoms with van der Waals surface area (Å²) in [7, 11) is 0. The number of nitrogens with zero attached hydrogens (tertiary/aromatic N) is 2. The van der Waals surface area contributed by atoms with Gasteiger partial charge in [0.15, 0.2) is 5.11 Å². The fourth-order valence-corrected chi connectivity index (χ4v) is 4.34. The van der Waals surface area contributed by atoms with Gasteiger partial charge in [-0.2, -0.15) is 0 Å². The first-order valence-electron chi connectivity index (χ1n) is 8.98. The molecule has 2 aromatic heterocycles. The van der Waals surface area contributed by atoms with Crippen molar-refractivity contribution in [2.75, 3.05) is 10.7 Å². The lowest BCUT2D eigenvalue weighted by Gasteiger charge is -2.12. The minimum atomic E-state index is -0.506. The van der Waals surface area contributed by atoms with Crippen LogP contribution in [0.25, 0.3) is 21.3 Å². The van der Waals surface area contributed by atoms with Gasteiger partial charge in [0, 0.05) is 21.7 Å². The van der Waals surface area contributed by atoms with Crippen LogP contribution in [0.3, 0.4) is 0 Å². The highest BCUT2D eigenvalue weighted by molar-refractivity contribution is 7.80. The number of carbonyl (C=O) groups excluding carboxylic acids is 1. The maximum Gasteiger partial charge on any atom is 0.281 e. The van der Waals surface area contributed by atoms with Gasteiger partial charge >= 0.3 is 0 Å². The smallest absolute Gasteiger partial charge is 0.281 e. The molecule has 0 aliphatic heterocycles. The minimum absolute atomic E-state index is 0.207. The molecule has 1 amide bonds. The van der Waals surface area contributed by atoms with E-state index in [2.05, 4.69) is 15.7 Å². The number of aromatic nitrogens is 2. The average Bonchev–Trinajstić information content (AvgIpc) is 3.08. The van der Waals surface area contributed by atoms with Gasteiger partial charge in [-0.05, 0) is 49.0 Å². The first-order chi connectivity index (χ1) is 14.4. The summed E-state index contributed by atoms with van der Waals surface area (Å²) in [4.78, 5) is 30.5. The molecular formula is C21H17N5O2S2. The quantitative estimate of drug-likeness (QED) is 0.424. The molecule has 0 aliphatic carbocycles. The number of nitrogens with two attached hydrogens (primary N) is 1. The number of fused-ring (bicyclic) bond motifs is 1. The van der Waals surface area contributed by atoms with Gasteiger partial charge in [0.05, 0.1) is 5.39 Å². The van der Waals surface area contributed by atoms with E-state index in [-0.39, 0.29) is 10.7 Å². The number of rotatable bonds is 4. The molecule has 7 nitrogen and oxygen atoms in total. The van der Waals surface area contributed by atoms with E-state index in [1.165, 1.54) is 22.3 Å². The number of thiophene rings is 1. The van der Waals surface area contributed by atoms with Gasteiger partial charge in [-0.25, -0.2) is 9.66 Å². The normalized spacial score (nSPS) is 10.7. The highest BCUT2D eigenvalue weighted by atomic mass is 32.1. The van der Waals surface area contributed by atoms with Gasteiger partial charge < -0.3 is 11.1 Å². The van der Waals surface area contributed by atoms with E-state index < -0.39 is 5.91 Å². The molecule has 4 rings (SSSR count). The van der Waals surface area contributed by atoms with Gasteiger partial charge in [-0.3, -0.25) is 15.0 Å². The Morgan fingerprint density at radius 3 is 2.50 bits per heavy atom. The molecule has 0 fully saturated rings. The number of carbonyl (C=O) groups is 1. The van der Waals surface area contributed by atoms with Crippen LogP contribution in [0.4, 0.5) is 5.69 Å². The van der Waals surface area contributed by atoms with E-state index in [0.717, 1.165) is 16.0 Å². The minimum Gasteiger partial charge on any atom is -0.366 e. The molecule has 4 N–H and O–H groups in total. The van der Waals surface area contributed by atoms with Gasteiger partial charge in [0.1, 0.15) is 11.2 Å². The summed E-state index contributed by atoms with van der Waals surface area (Å²) in [5, 5.41) is 3.72. The fraction of sp³-hybridized carbons (Fsp3) is 0.0476. The van der Waals surface area contributed by atoms with Crippen LogP contribution in [0.2, 0.25) is 0 Å². The Kier molecular flexibility index (Phi) is 5.30. The molecule has 0 atom stereocenters. The van der Waals surface area contributed by atoms with E-state index in [1.54, 1.807) is 24.3 Å². The summed E-state index contributed by atoms with van der Waals surface area (Å²) in [6.07, 6.45) is 1.42. The van der Waals surface area contributed by atoms with Crippen LogP contribution in [0.15, 0.2) is 65.7 Å². The number of hydrogen-bond acceptors (Lipinski definition) is 5. The van der Waals surface area contributed by atoms with Crippen molar-refractivity contribution in [3.05, 3.63) is 81.7 Å². The van der Waals surface area contributed by atoms with Gasteiger partial charge in [0.2, 0.25) is 5.91 Å². The lowest BCUT2D eigenvalue weighted by atomic mass is 10.0. The maximum absolute atomic E-state index is 13.2. The zero-order valence-electron chi connectivity index (χ0n) is 15.9. The van der Waals surface area contributed by atoms with Gasteiger partial charge in [0.25, 0.3) is 5.56 Å². The van der Waals surface area contributed by atoms with Crippen LogP contribution in [-0.4, -0.2) is 20.7 Å². The second kappa shape index (κ2) is 8.05. The molecule has 150 valence electrons. The monoisotopic (exact) mass is 435 g/mol. The Hall–Kier alpha value is -3.56. The van der Waals surface area contributed by atoms with Crippen LogP contribution in [-0.2, 0) is 0 Å². The summed E-state index contributed by atoms with van der Waals surface area (Å²) in [6, 6.07) is 16.3. The zero-order valence-corrected chi connectivity index (χ0v) is 17.5. The predicted octanol–water partition coefficient (Wildman–Crippen LogP) is 3.47. The van der Waals surface area contributed by atoms with Gasteiger partial charge in [-0.1, -0.05) is 30.3 Å². The van der Waals surface area contributed by atoms with Gasteiger partial charge in [-0.15, -0.1) is 11.3 Å². The molecule has 9 heteroatoms. The molecule has 4 aromatic rings. The predicted molar refractivity (Wildman–Crippen MR) is 125 cm³/mol. The second-order valence-corrected chi connectivity index (χ2v) is 8.12. The summed E-state index contributed by atoms with van der Waals surface area (Å²) in [5.74, 6) is -0.506. The average molecular weight is 436 g/mol. The maximum atomic E-state index is 13.2. The largest absolute Gasteiger partial charge is 0.366 e. The number of nitrogens with one attached hydrogen (secondary N) is 2. The molecule has 0 saturated heterocycles. The summed E-state index contributed by atoms with van der Waals surface area (Å²) >= 11 is 6.80. The molecule has 0 aliphatic rings. The lowest BCUT2D eigenvalue weighted by molar-refractivity contribution is 0.100. The number of benzene rings is 2. The first kappa shape index (κ1) is 19.7. The van der Waals surface area contributed by atoms with E-state index >= 15 is 0 Å². The van der Waals surface area contributed by atoms with Crippen molar-refractivity contribution in [1.82, 2.24) is 9.66 Å². The van der Waals surface area contributed by atoms with E-state index in [0.29, 0.717) is 21.5 Å². The summed E-state index contributed by atoms with van der Waals surface area (Å²) in [5.41, 5.74) is 10.7. The molecule has 0 bridgehead atoms. The number of anilines is 1. The highest BCUT2D eigenvalue weighted by Crippen LogP contribution is 2.35.